The molecule has 0 aliphatic carbocycles. The average Bonchev–Trinajstić information content (AvgIpc) is 2.63. The Kier molecular flexibility index (Phi) is 6.11. The van der Waals surface area contributed by atoms with Crippen LogP contribution in [0.1, 0.15) is 0 Å². The molecule has 0 atom stereocenters. The summed E-state index contributed by atoms with van der Waals surface area (Å²) in [5.74, 6) is 0.859. The van der Waals surface area contributed by atoms with Gasteiger partial charge in [0, 0.05) is 37.2 Å². The Morgan fingerprint density at radius 2 is 1.56 bits per heavy atom. The lowest BCUT2D eigenvalue weighted by Gasteiger charge is -2.34. The van der Waals surface area contributed by atoms with E-state index in [1.807, 2.05) is 36.4 Å². The first-order valence-electron chi connectivity index (χ1n) is 8.22. The molecule has 0 saturated carbocycles. The van der Waals surface area contributed by atoms with Crippen molar-refractivity contribution in [1.29, 1.82) is 0 Å². The van der Waals surface area contributed by atoms with E-state index in [0.717, 1.165) is 12.3 Å². The molecule has 2 aromatic rings. The molecule has 3 rings (SSSR count). The minimum Gasteiger partial charge on any atom is -0.492 e. The van der Waals surface area contributed by atoms with Crippen LogP contribution >= 0.6 is 15.9 Å². The summed E-state index contributed by atoms with van der Waals surface area (Å²) in [5, 5.41) is 0. The van der Waals surface area contributed by atoms with Gasteiger partial charge < -0.3 is 4.74 Å². The second-order valence-electron chi connectivity index (χ2n) is 5.84. The van der Waals surface area contributed by atoms with E-state index >= 15 is 0 Å². The summed E-state index contributed by atoms with van der Waals surface area (Å²) in [4.78, 5) is 2.56. The molecule has 0 aromatic heterocycles. The molecular weight excluding hydrogens is 404 g/mol. The molecule has 0 radical (unpaired) electrons. The minimum absolute atomic E-state index is 0.330. The van der Waals surface area contributed by atoms with Crippen molar-refractivity contribution in [3.63, 3.8) is 0 Å². The molecule has 0 unspecified atom stereocenters. The highest BCUT2D eigenvalue weighted by molar-refractivity contribution is 9.10. The van der Waals surface area contributed by atoms with E-state index in [-0.39, 0.29) is 0 Å². The SMILES string of the molecule is O=S(=O)(c1ccccc1Br)N1CCN(CCOc2ccccc2)CC1. The average molecular weight is 425 g/mol. The minimum atomic E-state index is -3.45. The maximum absolute atomic E-state index is 12.8. The van der Waals surface area contributed by atoms with Gasteiger partial charge in [0.2, 0.25) is 10.0 Å². The molecule has 1 aliphatic rings. The molecule has 0 N–H and O–H groups in total. The summed E-state index contributed by atoms with van der Waals surface area (Å²) in [7, 11) is -3.45. The van der Waals surface area contributed by atoms with Crippen molar-refractivity contribution in [2.75, 3.05) is 39.3 Å². The number of ether oxygens (including phenoxy) is 1. The quantitative estimate of drug-likeness (QED) is 0.715. The molecule has 0 spiro atoms. The first-order valence-corrected chi connectivity index (χ1v) is 10.5. The molecule has 7 heteroatoms. The van der Waals surface area contributed by atoms with Crippen molar-refractivity contribution in [1.82, 2.24) is 9.21 Å². The van der Waals surface area contributed by atoms with Gasteiger partial charge in [0.25, 0.3) is 0 Å². The highest BCUT2D eigenvalue weighted by Gasteiger charge is 2.29. The Morgan fingerprint density at radius 3 is 2.24 bits per heavy atom. The number of hydrogen-bond donors (Lipinski definition) is 0. The van der Waals surface area contributed by atoms with Gasteiger partial charge in [0.05, 0.1) is 4.90 Å². The normalized spacial score (nSPS) is 16.7. The van der Waals surface area contributed by atoms with Crippen LogP contribution in [0.2, 0.25) is 0 Å². The Morgan fingerprint density at radius 1 is 0.920 bits per heavy atom. The van der Waals surface area contributed by atoms with E-state index in [1.165, 1.54) is 0 Å². The first kappa shape index (κ1) is 18.4. The van der Waals surface area contributed by atoms with Crippen LogP contribution in [0.15, 0.2) is 64.0 Å². The predicted octanol–water partition coefficient (Wildman–Crippen LogP) is 2.83. The Bertz CT molecular complexity index is 791. The summed E-state index contributed by atoms with van der Waals surface area (Å²) in [5.41, 5.74) is 0. The van der Waals surface area contributed by atoms with Crippen LogP contribution in [0.5, 0.6) is 5.75 Å². The van der Waals surface area contributed by atoms with Crippen molar-refractivity contribution in [2.24, 2.45) is 0 Å². The lowest BCUT2D eigenvalue weighted by Crippen LogP contribution is -2.49. The molecular formula is C18H21BrN2O3S. The van der Waals surface area contributed by atoms with E-state index in [1.54, 1.807) is 22.5 Å². The van der Waals surface area contributed by atoms with E-state index in [2.05, 4.69) is 20.8 Å². The standard InChI is InChI=1S/C18H21BrN2O3S/c19-17-8-4-5-9-18(17)25(22,23)21-12-10-20(11-13-21)14-15-24-16-6-2-1-3-7-16/h1-9H,10-15H2. The van der Waals surface area contributed by atoms with Gasteiger partial charge in [-0.15, -0.1) is 0 Å². The summed E-state index contributed by atoms with van der Waals surface area (Å²) < 4.78 is 33.4. The molecule has 5 nitrogen and oxygen atoms in total. The van der Waals surface area contributed by atoms with Crippen molar-refractivity contribution >= 4 is 26.0 Å². The van der Waals surface area contributed by atoms with Crippen molar-refractivity contribution in [3.8, 4) is 5.75 Å². The summed E-state index contributed by atoms with van der Waals surface area (Å²) >= 11 is 3.33. The first-order chi connectivity index (χ1) is 12.1. The fourth-order valence-corrected chi connectivity index (χ4v) is 5.18. The fraction of sp³-hybridized carbons (Fsp3) is 0.333. The maximum Gasteiger partial charge on any atom is 0.244 e. The Balaban J connectivity index is 1.51. The molecule has 1 saturated heterocycles. The van der Waals surface area contributed by atoms with Crippen LogP contribution in [0, 0.1) is 0 Å². The van der Waals surface area contributed by atoms with Crippen molar-refractivity contribution < 1.29 is 13.2 Å². The van der Waals surface area contributed by atoms with Gasteiger partial charge in [-0.2, -0.15) is 4.31 Å². The zero-order valence-corrected chi connectivity index (χ0v) is 16.2. The molecule has 0 bridgehead atoms. The van der Waals surface area contributed by atoms with E-state index in [0.29, 0.717) is 42.2 Å². The molecule has 1 aliphatic heterocycles. The number of rotatable bonds is 6. The molecule has 1 heterocycles. The van der Waals surface area contributed by atoms with Gasteiger partial charge in [-0.1, -0.05) is 30.3 Å². The highest BCUT2D eigenvalue weighted by Crippen LogP contribution is 2.25. The van der Waals surface area contributed by atoms with Gasteiger partial charge in [-0.05, 0) is 40.2 Å². The number of halogens is 1. The van der Waals surface area contributed by atoms with Gasteiger partial charge >= 0.3 is 0 Å². The van der Waals surface area contributed by atoms with Crippen molar-refractivity contribution in [2.45, 2.75) is 4.90 Å². The number of hydrogen-bond acceptors (Lipinski definition) is 4. The zero-order chi connectivity index (χ0) is 17.7. The maximum atomic E-state index is 12.8. The topological polar surface area (TPSA) is 49.9 Å². The van der Waals surface area contributed by atoms with Gasteiger partial charge in [0.1, 0.15) is 12.4 Å². The van der Waals surface area contributed by atoms with Crippen LogP contribution in [-0.4, -0.2) is 57.0 Å². The monoisotopic (exact) mass is 424 g/mol. The largest absolute Gasteiger partial charge is 0.492 e. The summed E-state index contributed by atoms with van der Waals surface area (Å²) in [6.45, 7) is 3.80. The van der Waals surface area contributed by atoms with Crippen LogP contribution in [0.3, 0.4) is 0 Å². The molecule has 2 aromatic carbocycles. The summed E-state index contributed by atoms with van der Waals surface area (Å²) in [6.07, 6.45) is 0. The smallest absolute Gasteiger partial charge is 0.244 e. The second kappa shape index (κ2) is 8.31. The van der Waals surface area contributed by atoms with Gasteiger partial charge in [-0.25, -0.2) is 8.42 Å². The summed E-state index contributed by atoms with van der Waals surface area (Å²) in [6, 6.07) is 16.7. The van der Waals surface area contributed by atoms with Gasteiger partial charge in [-0.3, -0.25) is 4.90 Å². The molecule has 25 heavy (non-hydrogen) atoms. The third-order valence-electron chi connectivity index (χ3n) is 4.21. The molecule has 1 fully saturated rings. The Hall–Kier alpha value is -1.41. The Labute approximate surface area is 157 Å². The second-order valence-corrected chi connectivity index (χ2v) is 8.60. The fourth-order valence-electron chi connectivity index (χ4n) is 2.80. The number of benzene rings is 2. The number of para-hydroxylation sites is 1. The van der Waals surface area contributed by atoms with Crippen LogP contribution in [0.4, 0.5) is 0 Å². The van der Waals surface area contributed by atoms with Crippen LogP contribution in [0.25, 0.3) is 0 Å². The predicted molar refractivity (Wildman–Crippen MR) is 101 cm³/mol. The highest BCUT2D eigenvalue weighted by atomic mass is 79.9. The third-order valence-corrected chi connectivity index (χ3v) is 7.12. The molecule has 0 amide bonds. The van der Waals surface area contributed by atoms with E-state index < -0.39 is 10.0 Å². The number of nitrogens with zero attached hydrogens (tertiary/aromatic N) is 2. The lowest BCUT2D eigenvalue weighted by atomic mass is 10.3. The zero-order valence-electron chi connectivity index (χ0n) is 13.8. The lowest BCUT2D eigenvalue weighted by molar-refractivity contribution is 0.159. The van der Waals surface area contributed by atoms with Crippen LogP contribution in [-0.2, 0) is 10.0 Å². The van der Waals surface area contributed by atoms with Gasteiger partial charge in [0.15, 0.2) is 0 Å². The van der Waals surface area contributed by atoms with Crippen LogP contribution < -0.4 is 4.74 Å². The van der Waals surface area contributed by atoms with Crippen molar-refractivity contribution in [3.05, 3.63) is 59.1 Å². The van der Waals surface area contributed by atoms with E-state index in [9.17, 15) is 8.42 Å². The number of sulfonamides is 1. The third kappa shape index (κ3) is 4.61. The number of piperazine rings is 1. The van der Waals surface area contributed by atoms with E-state index in [4.69, 9.17) is 4.74 Å². The molecule has 134 valence electrons.